The fourth-order valence-corrected chi connectivity index (χ4v) is 3.64. The lowest BCUT2D eigenvalue weighted by molar-refractivity contribution is 0.0945. The first-order valence-electron chi connectivity index (χ1n) is 9.33. The average Bonchev–Trinajstić information content (AvgIpc) is 3.30. The molecular formula is C22H22FN3O. The third-order valence-electron chi connectivity index (χ3n) is 5.15. The summed E-state index contributed by atoms with van der Waals surface area (Å²) < 4.78 is 15.0. The first-order chi connectivity index (χ1) is 13.1. The molecule has 0 spiro atoms. The normalized spacial score (nSPS) is 14.0. The molecule has 1 N–H and O–H groups in total. The molecule has 138 valence electrons. The van der Waals surface area contributed by atoms with Crippen LogP contribution >= 0.6 is 0 Å². The molecule has 1 aliphatic carbocycles. The maximum Gasteiger partial charge on any atom is 0.272 e. The molecule has 1 atom stereocenters. The Labute approximate surface area is 158 Å². The molecule has 0 fully saturated rings. The number of hydrogen-bond acceptors (Lipinski definition) is 2. The van der Waals surface area contributed by atoms with E-state index in [1.807, 2.05) is 18.2 Å². The second kappa shape index (κ2) is 7.35. The van der Waals surface area contributed by atoms with E-state index in [-0.39, 0.29) is 17.6 Å². The monoisotopic (exact) mass is 363 g/mol. The van der Waals surface area contributed by atoms with E-state index in [1.54, 1.807) is 16.8 Å². The van der Waals surface area contributed by atoms with E-state index < -0.39 is 0 Å². The van der Waals surface area contributed by atoms with Gasteiger partial charge < -0.3 is 5.32 Å². The Morgan fingerprint density at radius 2 is 1.89 bits per heavy atom. The highest BCUT2D eigenvalue weighted by atomic mass is 19.1. The number of aromatic nitrogens is 2. The van der Waals surface area contributed by atoms with Crippen molar-refractivity contribution in [2.24, 2.45) is 0 Å². The summed E-state index contributed by atoms with van der Waals surface area (Å²) in [6.45, 7) is 2.65. The van der Waals surface area contributed by atoms with Crippen molar-refractivity contribution in [3.63, 3.8) is 0 Å². The van der Waals surface area contributed by atoms with Gasteiger partial charge in [0.1, 0.15) is 5.82 Å². The summed E-state index contributed by atoms with van der Waals surface area (Å²) in [5, 5.41) is 7.59. The number of hydrogen-bond donors (Lipinski definition) is 1. The molecule has 1 heterocycles. The Balaban J connectivity index is 1.54. The van der Waals surface area contributed by atoms with Gasteiger partial charge in [0.15, 0.2) is 5.69 Å². The summed E-state index contributed by atoms with van der Waals surface area (Å²) in [5.74, 6) is -0.199. The number of amides is 1. The fraction of sp³-hybridized carbons (Fsp3) is 0.273. The lowest BCUT2D eigenvalue weighted by Crippen LogP contribution is -2.28. The van der Waals surface area contributed by atoms with Gasteiger partial charge >= 0.3 is 0 Å². The van der Waals surface area contributed by atoms with Crippen LogP contribution in [0.3, 0.4) is 0 Å². The van der Waals surface area contributed by atoms with Gasteiger partial charge in [0.05, 0.1) is 5.69 Å². The molecule has 0 aliphatic heterocycles. The molecule has 0 radical (unpaired) electrons. The van der Waals surface area contributed by atoms with Crippen molar-refractivity contribution in [1.29, 1.82) is 0 Å². The number of benzene rings is 2. The van der Waals surface area contributed by atoms with Crippen LogP contribution in [0.4, 0.5) is 4.39 Å². The number of halogens is 1. The molecule has 2 aromatic carbocycles. The highest BCUT2D eigenvalue weighted by Gasteiger charge is 2.27. The molecular weight excluding hydrogens is 341 g/mol. The van der Waals surface area contributed by atoms with Crippen molar-refractivity contribution in [2.75, 3.05) is 6.54 Å². The van der Waals surface area contributed by atoms with Crippen molar-refractivity contribution < 1.29 is 9.18 Å². The van der Waals surface area contributed by atoms with E-state index in [2.05, 4.69) is 29.5 Å². The van der Waals surface area contributed by atoms with E-state index in [9.17, 15) is 9.18 Å². The van der Waals surface area contributed by atoms with Gasteiger partial charge in [0.2, 0.25) is 0 Å². The number of nitrogens with one attached hydrogen (secondary N) is 1. The molecule has 3 aromatic rings. The van der Waals surface area contributed by atoms with E-state index in [1.165, 1.54) is 17.7 Å². The third kappa shape index (κ3) is 3.50. The van der Waals surface area contributed by atoms with E-state index in [0.717, 1.165) is 36.2 Å². The first-order valence-corrected chi connectivity index (χ1v) is 9.33. The van der Waals surface area contributed by atoms with Crippen molar-refractivity contribution in [3.05, 3.63) is 82.9 Å². The van der Waals surface area contributed by atoms with E-state index >= 15 is 0 Å². The number of carbonyl (C=O) groups is 1. The minimum Gasteiger partial charge on any atom is -0.350 e. The van der Waals surface area contributed by atoms with Crippen LogP contribution in [0.5, 0.6) is 0 Å². The maximum absolute atomic E-state index is 13.2. The molecule has 0 saturated heterocycles. The quantitative estimate of drug-likeness (QED) is 0.744. The molecule has 0 saturated carbocycles. The third-order valence-corrected chi connectivity index (χ3v) is 5.15. The molecule has 4 nitrogen and oxygen atoms in total. The number of fused-ring (bicyclic) bond motifs is 1. The van der Waals surface area contributed by atoms with Crippen molar-refractivity contribution >= 4 is 5.91 Å². The summed E-state index contributed by atoms with van der Waals surface area (Å²) in [4.78, 5) is 12.8. The zero-order valence-corrected chi connectivity index (χ0v) is 15.3. The van der Waals surface area contributed by atoms with Crippen molar-refractivity contribution in [3.8, 4) is 5.69 Å². The minimum absolute atomic E-state index is 0.142. The number of nitrogens with zero attached hydrogens (tertiary/aromatic N) is 2. The van der Waals surface area contributed by atoms with E-state index in [0.29, 0.717) is 12.2 Å². The van der Waals surface area contributed by atoms with Gasteiger partial charge in [-0.1, -0.05) is 37.3 Å². The molecule has 27 heavy (non-hydrogen) atoms. The number of carbonyl (C=O) groups excluding carboxylic acids is 1. The Morgan fingerprint density at radius 3 is 2.63 bits per heavy atom. The van der Waals surface area contributed by atoms with Gasteiger partial charge in [-0.05, 0) is 55.0 Å². The fourth-order valence-electron chi connectivity index (χ4n) is 3.64. The Kier molecular flexibility index (Phi) is 4.75. The average molecular weight is 363 g/mol. The number of rotatable bonds is 5. The molecule has 5 heteroatoms. The summed E-state index contributed by atoms with van der Waals surface area (Å²) in [5.41, 5.74) is 4.55. The zero-order chi connectivity index (χ0) is 18.8. The lowest BCUT2D eigenvalue weighted by Gasteiger charge is -2.12. The van der Waals surface area contributed by atoms with Gasteiger partial charge in [0, 0.05) is 17.8 Å². The van der Waals surface area contributed by atoms with Crippen LogP contribution in [0.25, 0.3) is 5.69 Å². The molecule has 0 bridgehead atoms. The van der Waals surface area contributed by atoms with Gasteiger partial charge in [-0.3, -0.25) is 4.79 Å². The molecule has 1 amide bonds. The second-order valence-electron chi connectivity index (χ2n) is 7.04. The molecule has 1 aromatic heterocycles. The predicted octanol–water partition coefficient (Wildman–Crippen LogP) is 4.03. The predicted molar refractivity (Wildman–Crippen MR) is 103 cm³/mol. The van der Waals surface area contributed by atoms with Gasteiger partial charge in [-0.2, -0.15) is 5.10 Å². The summed E-state index contributed by atoms with van der Waals surface area (Å²) in [6.07, 6.45) is 2.75. The van der Waals surface area contributed by atoms with Gasteiger partial charge in [-0.25, -0.2) is 9.07 Å². The minimum atomic E-state index is -0.282. The lowest BCUT2D eigenvalue weighted by atomic mass is 10.0. The Hall–Kier alpha value is -2.95. The van der Waals surface area contributed by atoms with Crippen LogP contribution in [0.15, 0.2) is 54.6 Å². The van der Waals surface area contributed by atoms with Crippen LogP contribution < -0.4 is 5.32 Å². The van der Waals surface area contributed by atoms with Crippen LogP contribution in [-0.2, 0) is 12.8 Å². The summed E-state index contributed by atoms with van der Waals surface area (Å²) in [7, 11) is 0. The van der Waals surface area contributed by atoms with E-state index in [4.69, 9.17) is 0 Å². The maximum atomic E-state index is 13.2. The Bertz CT molecular complexity index is 948. The Morgan fingerprint density at radius 1 is 1.15 bits per heavy atom. The van der Waals surface area contributed by atoms with Crippen LogP contribution in [0.2, 0.25) is 0 Å². The summed E-state index contributed by atoms with van der Waals surface area (Å²) in [6, 6.07) is 16.4. The highest BCUT2D eigenvalue weighted by molar-refractivity contribution is 5.94. The van der Waals surface area contributed by atoms with Crippen LogP contribution in [0.1, 0.15) is 46.6 Å². The van der Waals surface area contributed by atoms with Gasteiger partial charge in [-0.15, -0.1) is 0 Å². The standard InChI is InChI=1S/C22H22FN3O/c1-15(16-6-3-2-4-7-16)14-24-22(27)21-19-8-5-9-20(19)26(25-21)18-12-10-17(23)11-13-18/h2-4,6-7,10-13,15H,5,8-9,14H2,1H3,(H,24,27). The molecule has 4 rings (SSSR count). The topological polar surface area (TPSA) is 46.9 Å². The molecule has 1 unspecified atom stereocenters. The largest absolute Gasteiger partial charge is 0.350 e. The van der Waals surface area contributed by atoms with Crippen LogP contribution in [0, 0.1) is 5.82 Å². The van der Waals surface area contributed by atoms with Crippen LogP contribution in [-0.4, -0.2) is 22.2 Å². The first kappa shape index (κ1) is 17.5. The highest BCUT2D eigenvalue weighted by Crippen LogP contribution is 2.28. The second-order valence-corrected chi connectivity index (χ2v) is 7.04. The van der Waals surface area contributed by atoms with Crippen molar-refractivity contribution in [1.82, 2.24) is 15.1 Å². The SMILES string of the molecule is CC(CNC(=O)c1nn(-c2ccc(F)cc2)c2c1CCC2)c1ccccc1. The zero-order valence-electron chi connectivity index (χ0n) is 15.3. The summed E-state index contributed by atoms with van der Waals surface area (Å²) >= 11 is 0. The molecule has 1 aliphatic rings. The van der Waals surface area contributed by atoms with Gasteiger partial charge in [0.25, 0.3) is 5.91 Å². The smallest absolute Gasteiger partial charge is 0.272 e. The van der Waals surface area contributed by atoms with Crippen molar-refractivity contribution in [2.45, 2.75) is 32.1 Å².